The van der Waals surface area contributed by atoms with Crippen molar-refractivity contribution in [3.05, 3.63) is 11.1 Å². The summed E-state index contributed by atoms with van der Waals surface area (Å²) in [5.74, 6) is 1.27. The highest BCUT2D eigenvalue weighted by Crippen LogP contribution is 2.72. The second kappa shape index (κ2) is 6.86. The van der Waals surface area contributed by atoms with Crippen LogP contribution < -0.4 is 0 Å². The average Bonchev–Trinajstić information content (AvgIpc) is 2.70. The molecule has 1 unspecified atom stereocenters. The van der Waals surface area contributed by atoms with Gasteiger partial charge in [0.1, 0.15) is 0 Å². The molecule has 180 valence electrons. The molecule has 4 fully saturated rings. The van der Waals surface area contributed by atoms with Gasteiger partial charge < -0.3 is 10.2 Å². The Labute approximate surface area is 195 Å². The van der Waals surface area contributed by atoms with Crippen molar-refractivity contribution in [1.82, 2.24) is 0 Å². The van der Waals surface area contributed by atoms with E-state index in [-0.39, 0.29) is 22.3 Å². The lowest BCUT2D eigenvalue weighted by Crippen LogP contribution is -2.61. The Kier molecular flexibility index (Phi) is 4.92. The number of hydrogen-bond acceptors (Lipinski definition) is 2. The third-order valence-electron chi connectivity index (χ3n) is 12.1. The van der Waals surface area contributed by atoms with Gasteiger partial charge in [-0.3, -0.25) is 4.79 Å². The highest BCUT2D eigenvalue weighted by molar-refractivity contribution is 5.80. The Morgan fingerprint density at radius 3 is 2.19 bits per heavy atom. The summed E-state index contributed by atoms with van der Waals surface area (Å²) >= 11 is 0. The minimum atomic E-state index is -0.581. The zero-order valence-corrected chi connectivity index (χ0v) is 21.4. The summed E-state index contributed by atoms with van der Waals surface area (Å²) in [6.07, 6.45) is 11.4. The molecule has 0 aromatic rings. The minimum Gasteiger partial charge on any atom is -0.481 e. The molecule has 2 N–H and O–H groups in total. The molecule has 3 heteroatoms. The molecule has 0 radical (unpaired) electrons. The normalized spacial score (nSPS) is 49.3. The Morgan fingerprint density at radius 2 is 1.50 bits per heavy atom. The van der Waals surface area contributed by atoms with Crippen LogP contribution in [0.3, 0.4) is 0 Å². The van der Waals surface area contributed by atoms with Crippen molar-refractivity contribution in [2.45, 2.75) is 118 Å². The molecule has 7 atom stereocenters. The highest BCUT2D eigenvalue weighted by atomic mass is 16.4. The van der Waals surface area contributed by atoms with E-state index in [2.05, 4.69) is 41.5 Å². The van der Waals surface area contributed by atoms with Gasteiger partial charge in [-0.25, -0.2) is 0 Å². The fourth-order valence-electron chi connectivity index (χ4n) is 10.3. The van der Waals surface area contributed by atoms with E-state index in [1.165, 1.54) is 24.8 Å². The number of carbonyl (C=O) groups is 1. The number of aliphatic hydroxyl groups is 1. The standard InChI is InChI=1S/C29H46O3/c1-25(2)15-16-29(24(31)32)14-9-19-18(20(29)17-25)7-8-22-27(19,5)12-10-21-26(3,4)23(30)11-13-28(21,22)6/h19,21-23,30H,7-17H2,1-6H3,(H,31,32)/t19?,21-,22-,23-,27-,28-,29-/m1/s1. The second-order valence-electron chi connectivity index (χ2n) is 14.4. The maximum absolute atomic E-state index is 12.6. The largest absolute Gasteiger partial charge is 0.481 e. The zero-order valence-electron chi connectivity index (χ0n) is 21.4. The number of carboxylic acids is 1. The Hall–Kier alpha value is -0.830. The van der Waals surface area contributed by atoms with E-state index in [0.717, 1.165) is 51.4 Å². The molecule has 0 heterocycles. The van der Waals surface area contributed by atoms with Crippen molar-refractivity contribution in [1.29, 1.82) is 0 Å². The Morgan fingerprint density at radius 1 is 0.812 bits per heavy atom. The van der Waals surface area contributed by atoms with Crippen LogP contribution in [0.1, 0.15) is 112 Å². The Bertz CT molecular complexity index is 852. The maximum atomic E-state index is 12.6. The smallest absolute Gasteiger partial charge is 0.313 e. The van der Waals surface area contributed by atoms with Gasteiger partial charge in [-0.05, 0) is 110 Å². The number of aliphatic hydroxyl groups excluding tert-OH is 1. The van der Waals surface area contributed by atoms with Gasteiger partial charge in [-0.15, -0.1) is 0 Å². The lowest BCUT2D eigenvalue weighted by molar-refractivity contribution is -0.189. The van der Waals surface area contributed by atoms with Gasteiger partial charge in [0.15, 0.2) is 0 Å². The van der Waals surface area contributed by atoms with Crippen LogP contribution in [0.5, 0.6) is 0 Å². The first-order chi connectivity index (χ1) is 14.8. The molecule has 0 aromatic heterocycles. The topological polar surface area (TPSA) is 57.5 Å². The van der Waals surface area contributed by atoms with Gasteiger partial charge in [0, 0.05) is 0 Å². The van der Waals surface area contributed by atoms with E-state index in [4.69, 9.17) is 0 Å². The SMILES string of the molecule is CC1(C)CC[C@]2(C(=O)O)CCC3C(=C2C1)CC[C@H]1[C@]2(C)CC[C@@H](O)C(C)(C)[C@H]2CC[C@]31C. The predicted molar refractivity (Wildman–Crippen MR) is 128 cm³/mol. The van der Waals surface area contributed by atoms with Crippen molar-refractivity contribution in [3.63, 3.8) is 0 Å². The number of fused-ring (bicyclic) bond motifs is 6. The van der Waals surface area contributed by atoms with Gasteiger partial charge in [-0.2, -0.15) is 0 Å². The molecule has 3 nitrogen and oxygen atoms in total. The zero-order chi connectivity index (χ0) is 23.3. The van der Waals surface area contributed by atoms with Crippen LogP contribution in [-0.4, -0.2) is 22.3 Å². The first kappa shape index (κ1) is 22.9. The second-order valence-corrected chi connectivity index (χ2v) is 14.4. The fraction of sp³-hybridized carbons (Fsp3) is 0.897. The van der Waals surface area contributed by atoms with E-state index in [9.17, 15) is 15.0 Å². The van der Waals surface area contributed by atoms with E-state index >= 15 is 0 Å². The quantitative estimate of drug-likeness (QED) is 0.430. The molecule has 0 spiro atoms. The number of carboxylic acid groups (broad SMARTS) is 1. The van der Waals surface area contributed by atoms with Gasteiger partial charge >= 0.3 is 5.97 Å². The number of aliphatic carboxylic acids is 1. The summed E-state index contributed by atoms with van der Waals surface area (Å²) in [7, 11) is 0. The molecular formula is C29H46O3. The van der Waals surface area contributed by atoms with Crippen molar-refractivity contribution in [2.24, 2.45) is 44.8 Å². The summed E-state index contributed by atoms with van der Waals surface area (Å²) in [6, 6.07) is 0. The molecule has 0 saturated heterocycles. The van der Waals surface area contributed by atoms with Crippen LogP contribution in [0.2, 0.25) is 0 Å². The molecular weight excluding hydrogens is 396 g/mol. The summed E-state index contributed by atoms with van der Waals surface area (Å²) in [5.41, 5.74) is 3.11. The van der Waals surface area contributed by atoms with Gasteiger partial charge in [0.05, 0.1) is 11.5 Å². The number of hydrogen-bond donors (Lipinski definition) is 2. The summed E-state index contributed by atoms with van der Waals surface area (Å²) in [6.45, 7) is 14.4. The van der Waals surface area contributed by atoms with E-state index in [1.54, 1.807) is 5.57 Å². The van der Waals surface area contributed by atoms with Crippen molar-refractivity contribution >= 4 is 5.97 Å². The van der Waals surface area contributed by atoms with Crippen LogP contribution in [0, 0.1) is 44.8 Å². The van der Waals surface area contributed by atoms with Gasteiger partial charge in [0.25, 0.3) is 0 Å². The summed E-state index contributed by atoms with van der Waals surface area (Å²) < 4.78 is 0. The van der Waals surface area contributed by atoms with Crippen molar-refractivity contribution < 1.29 is 15.0 Å². The molecule has 0 aromatic carbocycles. The molecule has 4 saturated carbocycles. The third kappa shape index (κ3) is 2.85. The third-order valence-corrected chi connectivity index (χ3v) is 12.1. The summed E-state index contributed by atoms with van der Waals surface area (Å²) in [4.78, 5) is 12.6. The van der Waals surface area contributed by atoms with Crippen molar-refractivity contribution in [2.75, 3.05) is 0 Å². The first-order valence-corrected chi connectivity index (χ1v) is 13.4. The lowest BCUT2D eigenvalue weighted by atomic mass is 9.37. The molecule has 0 amide bonds. The molecule has 5 rings (SSSR count). The number of allylic oxidation sites excluding steroid dienone is 1. The van der Waals surface area contributed by atoms with E-state index in [0.29, 0.717) is 23.2 Å². The van der Waals surface area contributed by atoms with Crippen LogP contribution in [0.25, 0.3) is 0 Å². The molecule has 5 aliphatic rings. The minimum absolute atomic E-state index is 0.00844. The van der Waals surface area contributed by atoms with Gasteiger partial charge in [-0.1, -0.05) is 52.7 Å². The van der Waals surface area contributed by atoms with Crippen LogP contribution in [-0.2, 0) is 4.79 Å². The average molecular weight is 443 g/mol. The monoisotopic (exact) mass is 442 g/mol. The molecule has 0 aliphatic heterocycles. The van der Waals surface area contributed by atoms with Crippen molar-refractivity contribution in [3.8, 4) is 0 Å². The molecule has 32 heavy (non-hydrogen) atoms. The predicted octanol–water partition coefficient (Wildman–Crippen LogP) is 6.99. The van der Waals surface area contributed by atoms with Crippen LogP contribution in [0.4, 0.5) is 0 Å². The lowest BCUT2D eigenvalue weighted by Gasteiger charge is -2.68. The molecule has 5 aliphatic carbocycles. The first-order valence-electron chi connectivity index (χ1n) is 13.4. The Balaban J connectivity index is 1.57. The van der Waals surface area contributed by atoms with Gasteiger partial charge in [0.2, 0.25) is 0 Å². The summed E-state index contributed by atoms with van der Waals surface area (Å²) in [5, 5.41) is 21.2. The van der Waals surface area contributed by atoms with Crippen LogP contribution in [0.15, 0.2) is 11.1 Å². The van der Waals surface area contributed by atoms with Crippen LogP contribution >= 0.6 is 0 Å². The maximum Gasteiger partial charge on any atom is 0.313 e. The highest BCUT2D eigenvalue weighted by Gasteiger charge is 2.64. The van der Waals surface area contributed by atoms with E-state index < -0.39 is 11.4 Å². The number of rotatable bonds is 1. The fourth-order valence-corrected chi connectivity index (χ4v) is 10.3. The van der Waals surface area contributed by atoms with E-state index in [1.807, 2.05) is 0 Å². The molecule has 0 bridgehead atoms.